The van der Waals surface area contributed by atoms with Gasteiger partial charge in [-0.05, 0) is 17.3 Å². The highest BCUT2D eigenvalue weighted by Crippen LogP contribution is 2.58. The summed E-state index contributed by atoms with van der Waals surface area (Å²) in [5.74, 6) is 0.103. The van der Waals surface area contributed by atoms with Crippen LogP contribution in [0, 0.1) is 0 Å². The topological polar surface area (TPSA) is 305 Å². The summed E-state index contributed by atoms with van der Waals surface area (Å²) in [4.78, 5) is 46.6. The number of ether oxygens (including phenoxy) is 2. The van der Waals surface area contributed by atoms with Gasteiger partial charge in [0.05, 0.1) is 31.7 Å². The van der Waals surface area contributed by atoms with Gasteiger partial charge in [-0.15, -0.1) is 0 Å². The number of thiol groups is 1. The van der Waals surface area contributed by atoms with Gasteiger partial charge in [0, 0.05) is 4.91 Å². The molecule has 0 amide bonds. The molecule has 22 nitrogen and oxygen atoms in total. The lowest BCUT2D eigenvalue weighted by Gasteiger charge is -2.27. The Hall–Kier alpha value is -2.86. The first-order chi connectivity index (χ1) is 22.4. The highest BCUT2D eigenvalue weighted by molar-refractivity contribution is 8.44. The van der Waals surface area contributed by atoms with Crippen LogP contribution in [0.1, 0.15) is 12.5 Å². The summed E-state index contributed by atoms with van der Waals surface area (Å²) in [6, 6.07) is -1.25. The van der Waals surface area contributed by atoms with Crippen LogP contribution in [0.25, 0.3) is 32.0 Å². The second kappa shape index (κ2) is 12.2. The zero-order valence-corrected chi connectivity index (χ0v) is 27.5. The summed E-state index contributed by atoms with van der Waals surface area (Å²) in [5, 5.41) is 15.1. The van der Waals surface area contributed by atoms with Gasteiger partial charge in [0.15, 0.2) is 29.6 Å². The number of aliphatic hydroxyl groups excluding tert-OH is 1. The minimum absolute atomic E-state index is 0.0340. The molecule has 7 heterocycles. The number of hydrogen-bond acceptors (Lipinski definition) is 19. The maximum Gasteiger partial charge on any atom is 0.386 e. The zero-order chi connectivity index (χ0) is 33.2. The Bertz CT molecular complexity index is 2080. The summed E-state index contributed by atoms with van der Waals surface area (Å²) in [6.45, 7) is -9.83. The number of hydrogen-bond donors (Lipinski definition) is 5. The number of anilines is 2. The van der Waals surface area contributed by atoms with Crippen LogP contribution in [0.2, 0.25) is 0 Å². The predicted octanol–water partition coefficient (Wildman–Crippen LogP) is 0.764. The molecule has 0 aliphatic carbocycles. The summed E-state index contributed by atoms with van der Waals surface area (Å²) in [7, 11) is 0. The zero-order valence-electron chi connectivity index (χ0n) is 23.2. The lowest BCUT2D eigenvalue weighted by Crippen LogP contribution is -2.37. The highest BCUT2D eigenvalue weighted by Gasteiger charge is 2.53. The molecule has 0 radical (unpaired) electrons. The average molecular weight is 749 g/mol. The minimum atomic E-state index is -4.41. The number of aromatic nitrogens is 7. The Balaban J connectivity index is 1.24. The molecule has 4 aromatic heterocycles. The number of nitrogen functional groups attached to an aromatic ring is 2. The third-order valence-corrected chi connectivity index (χ3v) is 11.6. The second-order valence-corrected chi connectivity index (χ2v) is 16.8. The van der Waals surface area contributed by atoms with E-state index in [0.29, 0.717) is 0 Å². The van der Waals surface area contributed by atoms with E-state index in [0.717, 1.165) is 22.2 Å². The van der Waals surface area contributed by atoms with Crippen molar-refractivity contribution in [1.29, 1.82) is 0 Å². The molecule has 3 saturated heterocycles. The first kappa shape index (κ1) is 32.7. The van der Waals surface area contributed by atoms with E-state index in [4.69, 9.17) is 50.8 Å². The summed E-state index contributed by atoms with van der Waals surface area (Å²) in [5.41, 5.74) is 21.7. The van der Waals surface area contributed by atoms with Crippen LogP contribution in [0.5, 0.6) is 0 Å². The van der Waals surface area contributed by atoms with E-state index in [2.05, 4.69) is 47.2 Å². The van der Waals surface area contributed by atoms with E-state index < -0.39 is 80.6 Å². The third-order valence-electron chi connectivity index (χ3n) is 7.46. The van der Waals surface area contributed by atoms with Crippen molar-refractivity contribution >= 4 is 82.1 Å². The first-order valence-electron chi connectivity index (χ1n) is 13.3. The molecule has 10 atom stereocenters. The fourth-order valence-electron chi connectivity index (χ4n) is 5.44. The average Bonchev–Trinajstić information content (AvgIpc) is 3.75. The molecule has 27 heteroatoms. The molecule has 2 bridgehead atoms. The molecular formula is C20H22N12O10P2S3. The monoisotopic (exact) mass is 748 g/mol. The number of aliphatic hydroxyl groups is 1. The number of fused-ring (bicyclic) bond motifs is 5. The number of rotatable bonds is 3. The number of azide groups is 1. The van der Waals surface area contributed by atoms with E-state index >= 15 is 0 Å². The standard InChI is InChI=1S/C20H22N12O10P2S3/c21-14-9-16(26-3-24-14)31(5-28-9)19-12-8(29-30-23)6(39-19)1-37-43(35,45)41-11-7(2-38-44(36,46)42-12)40-18(10(11)33)32-17-13(47-20(32)34)15(22)25-4-27-17/h3-8,10-12,18-19,33H,1-2H2,(H,35,45)(H,36,46)(H2,21,24,26)(H2,22,25,27)/t6-,7-,8-,10-,11-,12-,18-,19-,43?,44?/m1/s1. The van der Waals surface area contributed by atoms with Gasteiger partial charge in [-0.25, -0.2) is 29.5 Å². The summed E-state index contributed by atoms with van der Waals surface area (Å²) in [6.07, 6.45) is -6.07. The van der Waals surface area contributed by atoms with Crippen molar-refractivity contribution in [3.8, 4) is 0 Å². The van der Waals surface area contributed by atoms with Crippen molar-refractivity contribution in [3.63, 3.8) is 0 Å². The van der Waals surface area contributed by atoms with Crippen molar-refractivity contribution in [2.24, 2.45) is 5.11 Å². The highest BCUT2D eigenvalue weighted by atomic mass is 32.7. The Morgan fingerprint density at radius 2 is 1.74 bits per heavy atom. The molecule has 6 N–H and O–H groups in total. The van der Waals surface area contributed by atoms with Gasteiger partial charge < -0.3 is 35.5 Å². The predicted molar refractivity (Wildman–Crippen MR) is 167 cm³/mol. The lowest BCUT2D eigenvalue weighted by molar-refractivity contribution is -0.0585. The van der Waals surface area contributed by atoms with Crippen LogP contribution < -0.4 is 16.3 Å². The molecule has 0 spiro atoms. The second-order valence-electron chi connectivity index (χ2n) is 10.2. The molecule has 47 heavy (non-hydrogen) atoms. The Labute approximate surface area is 275 Å². The number of imidazole rings is 1. The van der Waals surface area contributed by atoms with Gasteiger partial charge >= 0.3 is 18.4 Å². The molecule has 250 valence electrons. The maximum atomic E-state index is 13.7. The van der Waals surface area contributed by atoms with E-state index in [1.165, 1.54) is 17.2 Å². The third kappa shape index (κ3) is 5.91. The van der Waals surface area contributed by atoms with Crippen molar-refractivity contribution in [1.82, 2.24) is 34.1 Å². The van der Waals surface area contributed by atoms with E-state index in [1.807, 2.05) is 0 Å². The van der Waals surface area contributed by atoms with Crippen LogP contribution in [0.3, 0.4) is 0 Å². The largest absolute Gasteiger partial charge is 0.386 e. The van der Waals surface area contributed by atoms with E-state index in [1.54, 1.807) is 0 Å². The smallest absolute Gasteiger partial charge is 0.386 e. The van der Waals surface area contributed by atoms with Crippen LogP contribution in [0.15, 0.2) is 28.9 Å². The van der Waals surface area contributed by atoms with E-state index in [9.17, 15) is 24.9 Å². The van der Waals surface area contributed by atoms with E-state index in [-0.39, 0.29) is 33.1 Å². The number of nitrogens with zero attached hydrogens (tertiary/aromatic N) is 10. The van der Waals surface area contributed by atoms with Crippen LogP contribution in [-0.2, 0) is 43.9 Å². The summed E-state index contributed by atoms with van der Waals surface area (Å²) >= 11 is 10.1. The SMILES string of the molecule is [N-]=[N+]=N[C@H]1[C@H]2OP(=O)(S)OC[C@H]3O[C@@H](n4c(=O)sc5c(N)ncnc54)[C@H](O)[C@@H]3OP(O)(=S)OC[C@H]1O[C@H]2n1cnc2c(N)ncnc21. The van der Waals surface area contributed by atoms with Crippen LogP contribution in [-0.4, -0.2) is 93.8 Å². The fourth-order valence-corrected chi connectivity index (χ4v) is 9.21. The normalized spacial score (nSPS) is 36.3. The Kier molecular flexibility index (Phi) is 8.50. The number of nitrogens with two attached hydrogens (primary N) is 2. The maximum absolute atomic E-state index is 13.7. The summed E-state index contributed by atoms with van der Waals surface area (Å²) < 4.78 is 51.2. The van der Waals surface area contributed by atoms with Gasteiger partial charge in [0.1, 0.15) is 53.1 Å². The van der Waals surface area contributed by atoms with Gasteiger partial charge in [-0.3, -0.25) is 27.5 Å². The molecule has 2 unspecified atom stereocenters. The number of thiazole rings is 1. The molecular weight excluding hydrogens is 726 g/mol. The van der Waals surface area contributed by atoms with Gasteiger partial charge in [-0.2, -0.15) is 0 Å². The van der Waals surface area contributed by atoms with Crippen molar-refractivity contribution in [3.05, 3.63) is 39.1 Å². The molecule has 0 saturated carbocycles. The van der Waals surface area contributed by atoms with Gasteiger partial charge in [0.2, 0.25) is 0 Å². The molecule has 3 aliphatic heterocycles. The quantitative estimate of drug-likeness (QED) is 0.0635. The van der Waals surface area contributed by atoms with Crippen molar-refractivity contribution in [2.75, 3.05) is 24.7 Å². The minimum Gasteiger partial charge on any atom is -0.386 e. The van der Waals surface area contributed by atoms with Gasteiger partial charge in [-0.1, -0.05) is 28.7 Å². The van der Waals surface area contributed by atoms with Crippen LogP contribution in [0.4, 0.5) is 11.6 Å². The van der Waals surface area contributed by atoms with Crippen LogP contribution >= 0.6 is 37.1 Å². The first-order valence-corrected chi connectivity index (χ1v) is 19.4. The Morgan fingerprint density at radius 3 is 2.51 bits per heavy atom. The Morgan fingerprint density at radius 1 is 1.04 bits per heavy atom. The van der Waals surface area contributed by atoms with Gasteiger partial charge in [0.25, 0.3) is 0 Å². The molecule has 3 fully saturated rings. The fraction of sp³-hybridized carbons (Fsp3) is 0.500. The molecule has 7 rings (SSSR count). The molecule has 0 aromatic carbocycles. The molecule has 3 aliphatic rings. The van der Waals surface area contributed by atoms with Crippen molar-refractivity contribution in [2.45, 2.75) is 49.0 Å². The van der Waals surface area contributed by atoms with Crippen molar-refractivity contribution < 1.29 is 42.1 Å². The lowest BCUT2D eigenvalue weighted by atomic mass is 10.1. The molecule has 4 aromatic rings.